The molecule has 0 bridgehead atoms. The highest BCUT2D eigenvalue weighted by Gasteiger charge is 2.20. The Balaban J connectivity index is 1.56. The summed E-state index contributed by atoms with van der Waals surface area (Å²) < 4.78 is 11.7. The maximum absolute atomic E-state index is 13.5. The van der Waals surface area contributed by atoms with Crippen LogP contribution in [0, 0.1) is 10.1 Å². The van der Waals surface area contributed by atoms with Gasteiger partial charge in [0.05, 0.1) is 36.2 Å². The van der Waals surface area contributed by atoms with Crippen LogP contribution in [0.3, 0.4) is 0 Å². The second-order valence-corrected chi connectivity index (χ2v) is 8.76. The van der Waals surface area contributed by atoms with Gasteiger partial charge >= 0.3 is 5.56 Å². The molecule has 0 radical (unpaired) electrons. The Morgan fingerprint density at radius 1 is 0.895 bits per heavy atom. The van der Waals surface area contributed by atoms with Crippen molar-refractivity contribution in [3.63, 3.8) is 0 Å². The number of hydrogen-bond donors (Lipinski definition) is 1. The molecule has 38 heavy (non-hydrogen) atoms. The molecule has 2 aromatic heterocycles. The third-order valence-corrected chi connectivity index (χ3v) is 6.47. The molecule has 1 N–H and O–H groups in total. The van der Waals surface area contributed by atoms with Gasteiger partial charge in [-0.05, 0) is 60.7 Å². The predicted molar refractivity (Wildman–Crippen MR) is 143 cm³/mol. The number of aromatic nitrogens is 3. The molecule has 0 aliphatic heterocycles. The van der Waals surface area contributed by atoms with Gasteiger partial charge in [0.2, 0.25) is 5.13 Å². The summed E-state index contributed by atoms with van der Waals surface area (Å²) >= 11 is 1.28. The molecule has 11 nitrogen and oxygen atoms in total. The fourth-order valence-electron chi connectivity index (χ4n) is 3.62. The number of nitrogens with zero attached hydrogens (tertiary/aromatic N) is 5. The normalized spacial score (nSPS) is 11.1. The van der Waals surface area contributed by atoms with Crippen LogP contribution in [0.25, 0.3) is 27.6 Å². The third kappa shape index (κ3) is 4.92. The quantitative estimate of drug-likeness (QED) is 0.143. The number of methoxy groups -OCH3 is 2. The lowest BCUT2D eigenvalue weighted by Crippen LogP contribution is -2.13. The second kappa shape index (κ2) is 10.5. The number of H-pyrrole nitrogens is 1. The van der Waals surface area contributed by atoms with Gasteiger partial charge in [-0.15, -0.1) is 16.5 Å². The van der Waals surface area contributed by atoms with Gasteiger partial charge in [-0.2, -0.15) is 9.80 Å². The zero-order valence-electron chi connectivity index (χ0n) is 20.2. The Morgan fingerprint density at radius 2 is 1.50 bits per heavy atom. The standard InChI is InChI=1S/C26H20N6O5S/c1-36-20-11-5-16(6-12-20)22-15-38-26(27-22)31-25(33)24(29-28-18-7-13-21(37-2)14-8-18)23(30-31)17-3-9-19(10-4-17)32(34)35/h3-15,30H,1-2H3. The topological polar surface area (TPSA) is 137 Å². The fraction of sp³-hybridized carbons (Fsp3) is 0.0769. The van der Waals surface area contributed by atoms with E-state index in [0.717, 1.165) is 11.3 Å². The molecule has 0 aliphatic rings. The first-order valence-corrected chi connectivity index (χ1v) is 12.1. The molecule has 0 aliphatic carbocycles. The van der Waals surface area contributed by atoms with Crippen LogP contribution in [-0.4, -0.2) is 33.9 Å². The van der Waals surface area contributed by atoms with E-state index in [4.69, 9.17) is 9.47 Å². The lowest BCUT2D eigenvalue weighted by atomic mass is 10.1. The number of nitrogens with one attached hydrogen (secondary N) is 1. The molecule has 0 saturated heterocycles. The molecule has 0 fully saturated rings. The Bertz CT molecular complexity index is 1670. The van der Waals surface area contributed by atoms with Gasteiger partial charge in [-0.25, -0.2) is 4.98 Å². The molecule has 2 heterocycles. The van der Waals surface area contributed by atoms with Gasteiger partial charge in [-0.1, -0.05) is 0 Å². The van der Waals surface area contributed by atoms with Crippen molar-refractivity contribution in [3.05, 3.63) is 98.6 Å². The van der Waals surface area contributed by atoms with E-state index in [0.29, 0.717) is 33.5 Å². The number of aromatic amines is 1. The predicted octanol–water partition coefficient (Wildman–Crippen LogP) is 6.30. The van der Waals surface area contributed by atoms with Crippen LogP contribution in [0.4, 0.5) is 17.1 Å². The average Bonchev–Trinajstić information content (AvgIpc) is 3.57. The van der Waals surface area contributed by atoms with Crippen LogP contribution in [0.15, 0.2) is 93.2 Å². The number of benzene rings is 3. The first-order chi connectivity index (χ1) is 18.5. The number of rotatable bonds is 8. The van der Waals surface area contributed by atoms with Crippen LogP contribution >= 0.6 is 11.3 Å². The number of non-ortho nitro benzene ring substituents is 1. The molecule has 12 heteroatoms. The lowest BCUT2D eigenvalue weighted by molar-refractivity contribution is -0.384. The molecule has 0 spiro atoms. The van der Waals surface area contributed by atoms with E-state index in [2.05, 4.69) is 20.3 Å². The van der Waals surface area contributed by atoms with Gasteiger partial charge in [0, 0.05) is 28.6 Å². The van der Waals surface area contributed by atoms with E-state index >= 15 is 0 Å². The number of hydrogen-bond acceptors (Lipinski definition) is 9. The molecule has 3 aromatic carbocycles. The fourth-order valence-corrected chi connectivity index (χ4v) is 4.42. The highest BCUT2D eigenvalue weighted by molar-refractivity contribution is 7.12. The summed E-state index contributed by atoms with van der Waals surface area (Å²) in [4.78, 5) is 28.7. The Labute approximate surface area is 219 Å². The zero-order chi connectivity index (χ0) is 26.6. The largest absolute Gasteiger partial charge is 0.497 e. The number of nitro groups is 1. The SMILES string of the molecule is COc1ccc(N=Nc2c(-c3ccc([N+](=O)[O-])cc3)[nH]n(-c3nc(-c4ccc(OC)cc4)cs3)c2=O)cc1. The van der Waals surface area contributed by atoms with Crippen molar-refractivity contribution in [3.8, 4) is 39.1 Å². The maximum atomic E-state index is 13.5. The first kappa shape index (κ1) is 24.6. The van der Waals surface area contributed by atoms with Gasteiger partial charge < -0.3 is 9.47 Å². The van der Waals surface area contributed by atoms with Gasteiger partial charge in [-0.3, -0.25) is 20.0 Å². The number of thiazole rings is 1. The van der Waals surface area contributed by atoms with E-state index in [1.165, 1.54) is 28.2 Å². The van der Waals surface area contributed by atoms with E-state index in [-0.39, 0.29) is 11.4 Å². The molecule has 190 valence electrons. The third-order valence-electron chi connectivity index (χ3n) is 5.64. The van der Waals surface area contributed by atoms with Crippen LogP contribution in [0.1, 0.15) is 0 Å². The minimum atomic E-state index is -0.488. The Kier molecular flexibility index (Phi) is 6.78. The molecular weight excluding hydrogens is 508 g/mol. The van der Waals surface area contributed by atoms with E-state index in [1.54, 1.807) is 50.6 Å². The molecule has 0 saturated carbocycles. The first-order valence-electron chi connectivity index (χ1n) is 11.2. The highest BCUT2D eigenvalue weighted by Crippen LogP contribution is 2.31. The molecule has 0 atom stereocenters. The zero-order valence-corrected chi connectivity index (χ0v) is 21.0. The van der Waals surface area contributed by atoms with Crippen molar-refractivity contribution in [2.45, 2.75) is 0 Å². The second-order valence-electron chi connectivity index (χ2n) is 7.92. The minimum Gasteiger partial charge on any atom is -0.497 e. The summed E-state index contributed by atoms with van der Waals surface area (Å²) in [7, 11) is 3.16. The summed E-state index contributed by atoms with van der Waals surface area (Å²) in [6.45, 7) is 0. The summed E-state index contributed by atoms with van der Waals surface area (Å²) in [5.74, 6) is 1.39. The number of nitro benzene ring substituents is 1. The molecule has 0 unspecified atom stereocenters. The van der Waals surface area contributed by atoms with Crippen molar-refractivity contribution in [1.29, 1.82) is 0 Å². The van der Waals surface area contributed by atoms with Crippen molar-refractivity contribution < 1.29 is 14.4 Å². The van der Waals surface area contributed by atoms with E-state index in [1.807, 2.05) is 29.6 Å². The van der Waals surface area contributed by atoms with E-state index < -0.39 is 10.5 Å². The summed E-state index contributed by atoms with van der Waals surface area (Å²) in [6, 6.07) is 20.1. The monoisotopic (exact) mass is 528 g/mol. The van der Waals surface area contributed by atoms with Crippen LogP contribution < -0.4 is 15.0 Å². The Hall–Kier alpha value is -5.10. The summed E-state index contributed by atoms with van der Waals surface area (Å²) in [5.41, 5.74) is 2.45. The summed E-state index contributed by atoms with van der Waals surface area (Å²) in [5, 5.41) is 24.9. The van der Waals surface area contributed by atoms with Crippen LogP contribution in [0.5, 0.6) is 11.5 Å². The highest BCUT2D eigenvalue weighted by atomic mass is 32.1. The van der Waals surface area contributed by atoms with Gasteiger partial charge in [0.15, 0.2) is 5.69 Å². The number of ether oxygens (including phenoxy) is 2. The Morgan fingerprint density at radius 3 is 2.11 bits per heavy atom. The van der Waals surface area contributed by atoms with Crippen molar-refractivity contribution in [2.75, 3.05) is 14.2 Å². The van der Waals surface area contributed by atoms with Crippen LogP contribution in [0.2, 0.25) is 0 Å². The average molecular weight is 529 g/mol. The molecular formula is C26H20N6O5S. The molecule has 5 aromatic rings. The van der Waals surface area contributed by atoms with Gasteiger partial charge in [0.1, 0.15) is 11.5 Å². The van der Waals surface area contributed by atoms with Crippen LogP contribution in [-0.2, 0) is 0 Å². The van der Waals surface area contributed by atoms with Crippen molar-refractivity contribution >= 4 is 28.4 Å². The molecule has 5 rings (SSSR count). The minimum absolute atomic E-state index is 0.0378. The lowest BCUT2D eigenvalue weighted by Gasteiger charge is -2.01. The van der Waals surface area contributed by atoms with Crippen molar-refractivity contribution in [1.82, 2.24) is 14.8 Å². The maximum Gasteiger partial charge on any atom is 0.301 e. The van der Waals surface area contributed by atoms with E-state index in [9.17, 15) is 14.9 Å². The van der Waals surface area contributed by atoms with Gasteiger partial charge in [0.25, 0.3) is 5.69 Å². The molecule has 0 amide bonds. The van der Waals surface area contributed by atoms with Crippen molar-refractivity contribution in [2.24, 2.45) is 10.2 Å². The summed E-state index contributed by atoms with van der Waals surface area (Å²) in [6.07, 6.45) is 0. The smallest absolute Gasteiger partial charge is 0.301 e. The number of azo groups is 1.